The van der Waals surface area contributed by atoms with Gasteiger partial charge < -0.3 is 9.80 Å². The Labute approximate surface area is 113 Å². The smallest absolute Gasteiger partial charge is 0.272 e. The van der Waals surface area contributed by atoms with Crippen molar-refractivity contribution in [2.45, 2.75) is 18.9 Å². The zero-order valence-corrected chi connectivity index (χ0v) is 11.3. The maximum absolute atomic E-state index is 12.4. The number of pyridine rings is 1. The quantitative estimate of drug-likeness (QED) is 0.797. The van der Waals surface area contributed by atoms with E-state index < -0.39 is 0 Å². The van der Waals surface area contributed by atoms with E-state index in [1.807, 2.05) is 13.1 Å². The number of carbonyl (C=O) groups excluding carboxylic acids is 1. The van der Waals surface area contributed by atoms with Gasteiger partial charge in [-0.15, -0.1) is 0 Å². The number of likely N-dealkylation sites (tertiary alicyclic amines) is 1. The SMILES string of the molecule is CN1CCCC(N(C)C(=O)c2cccc(C#N)n2)C1. The van der Waals surface area contributed by atoms with Crippen LogP contribution in [0.2, 0.25) is 0 Å². The highest BCUT2D eigenvalue weighted by Crippen LogP contribution is 2.15. The zero-order chi connectivity index (χ0) is 13.8. The van der Waals surface area contributed by atoms with E-state index in [1.54, 1.807) is 23.1 Å². The van der Waals surface area contributed by atoms with Crippen LogP contribution in [0.3, 0.4) is 0 Å². The molecule has 1 unspecified atom stereocenters. The molecule has 0 aliphatic carbocycles. The molecule has 1 saturated heterocycles. The van der Waals surface area contributed by atoms with Gasteiger partial charge in [0.15, 0.2) is 0 Å². The average Bonchev–Trinajstić information content (AvgIpc) is 2.45. The number of carbonyl (C=O) groups is 1. The van der Waals surface area contributed by atoms with Gasteiger partial charge in [0, 0.05) is 19.6 Å². The van der Waals surface area contributed by atoms with Gasteiger partial charge in [-0.05, 0) is 38.6 Å². The van der Waals surface area contributed by atoms with Crippen molar-refractivity contribution in [3.63, 3.8) is 0 Å². The molecule has 1 aromatic heterocycles. The summed E-state index contributed by atoms with van der Waals surface area (Å²) in [7, 11) is 3.88. The molecular formula is C14H18N4O. The summed E-state index contributed by atoms with van der Waals surface area (Å²) in [5.74, 6) is -0.114. The number of aromatic nitrogens is 1. The molecule has 1 aromatic rings. The second kappa shape index (κ2) is 5.81. The summed E-state index contributed by atoms with van der Waals surface area (Å²) in [5.41, 5.74) is 0.620. The van der Waals surface area contributed by atoms with Crippen LogP contribution in [-0.2, 0) is 0 Å². The fourth-order valence-electron chi connectivity index (χ4n) is 2.42. The first-order valence-corrected chi connectivity index (χ1v) is 6.44. The molecule has 1 amide bonds. The standard InChI is InChI=1S/C14H18N4O/c1-17-8-4-6-12(10-17)18(2)14(19)13-7-3-5-11(9-15)16-13/h3,5,7,12H,4,6,8,10H2,1-2H3. The van der Waals surface area contributed by atoms with E-state index in [9.17, 15) is 4.79 Å². The summed E-state index contributed by atoms with van der Waals surface area (Å²) in [5, 5.41) is 8.82. The number of amides is 1. The highest BCUT2D eigenvalue weighted by atomic mass is 16.2. The van der Waals surface area contributed by atoms with Gasteiger partial charge in [0.25, 0.3) is 5.91 Å². The molecule has 0 spiro atoms. The fraction of sp³-hybridized carbons (Fsp3) is 0.500. The van der Waals surface area contributed by atoms with Crippen molar-refractivity contribution in [3.05, 3.63) is 29.6 Å². The van der Waals surface area contributed by atoms with Crippen molar-refractivity contribution < 1.29 is 4.79 Å². The molecule has 0 saturated carbocycles. The Balaban J connectivity index is 2.12. The lowest BCUT2D eigenvalue weighted by molar-refractivity contribution is 0.0638. The zero-order valence-electron chi connectivity index (χ0n) is 11.3. The molecule has 2 heterocycles. The molecule has 2 rings (SSSR count). The third kappa shape index (κ3) is 3.09. The van der Waals surface area contributed by atoms with Crippen LogP contribution >= 0.6 is 0 Å². The van der Waals surface area contributed by atoms with Crippen molar-refractivity contribution >= 4 is 5.91 Å². The minimum Gasteiger partial charge on any atom is -0.336 e. The van der Waals surface area contributed by atoms with Gasteiger partial charge in [0.2, 0.25) is 0 Å². The van der Waals surface area contributed by atoms with E-state index in [4.69, 9.17) is 5.26 Å². The number of likely N-dealkylation sites (N-methyl/N-ethyl adjacent to an activating group) is 2. The van der Waals surface area contributed by atoms with Crippen molar-refractivity contribution in [3.8, 4) is 6.07 Å². The maximum atomic E-state index is 12.4. The number of piperidine rings is 1. The van der Waals surface area contributed by atoms with E-state index in [1.165, 1.54) is 0 Å². The Morgan fingerprint density at radius 2 is 2.37 bits per heavy atom. The van der Waals surface area contributed by atoms with Crippen LogP contribution in [0.1, 0.15) is 29.0 Å². The number of hydrogen-bond donors (Lipinski definition) is 0. The second-order valence-electron chi connectivity index (χ2n) is 4.99. The van der Waals surface area contributed by atoms with Crippen LogP contribution in [0, 0.1) is 11.3 Å². The highest BCUT2D eigenvalue weighted by molar-refractivity contribution is 5.92. The van der Waals surface area contributed by atoms with Gasteiger partial charge in [-0.3, -0.25) is 4.79 Å². The Morgan fingerprint density at radius 1 is 1.58 bits per heavy atom. The predicted molar refractivity (Wildman–Crippen MR) is 71.6 cm³/mol. The summed E-state index contributed by atoms with van der Waals surface area (Å²) >= 11 is 0. The first-order chi connectivity index (χ1) is 9.11. The topological polar surface area (TPSA) is 60.2 Å². The van der Waals surface area contributed by atoms with Crippen molar-refractivity contribution in [1.29, 1.82) is 5.26 Å². The monoisotopic (exact) mass is 258 g/mol. The van der Waals surface area contributed by atoms with Gasteiger partial charge in [0.05, 0.1) is 0 Å². The van der Waals surface area contributed by atoms with E-state index in [-0.39, 0.29) is 17.6 Å². The van der Waals surface area contributed by atoms with E-state index in [0.29, 0.717) is 5.69 Å². The van der Waals surface area contributed by atoms with Crippen LogP contribution in [0.5, 0.6) is 0 Å². The average molecular weight is 258 g/mol. The summed E-state index contributed by atoms with van der Waals surface area (Å²) in [6.45, 7) is 1.97. The lowest BCUT2D eigenvalue weighted by Crippen LogP contribution is -2.47. The van der Waals surface area contributed by atoms with Crippen LogP contribution in [0.25, 0.3) is 0 Å². The van der Waals surface area contributed by atoms with Crippen LogP contribution in [0.4, 0.5) is 0 Å². The Bertz CT molecular complexity index is 508. The van der Waals surface area contributed by atoms with Gasteiger partial charge in [-0.2, -0.15) is 5.26 Å². The van der Waals surface area contributed by atoms with Crippen LogP contribution < -0.4 is 0 Å². The molecule has 0 aromatic carbocycles. The molecule has 0 bridgehead atoms. The van der Waals surface area contributed by atoms with Crippen LogP contribution in [0.15, 0.2) is 18.2 Å². The molecule has 100 valence electrons. The van der Waals surface area contributed by atoms with Gasteiger partial charge in [-0.25, -0.2) is 4.98 Å². The number of hydrogen-bond acceptors (Lipinski definition) is 4. The fourth-order valence-corrected chi connectivity index (χ4v) is 2.42. The van der Waals surface area contributed by atoms with Gasteiger partial charge in [0.1, 0.15) is 17.5 Å². The minimum absolute atomic E-state index is 0.114. The van der Waals surface area contributed by atoms with E-state index >= 15 is 0 Å². The normalized spacial score (nSPS) is 19.7. The maximum Gasteiger partial charge on any atom is 0.272 e. The Hall–Kier alpha value is -1.93. The van der Waals surface area contributed by atoms with E-state index in [2.05, 4.69) is 16.9 Å². The third-order valence-electron chi connectivity index (χ3n) is 3.55. The first-order valence-electron chi connectivity index (χ1n) is 6.44. The summed E-state index contributed by atoms with van der Waals surface area (Å²) in [6, 6.07) is 7.13. The number of nitrogens with zero attached hydrogens (tertiary/aromatic N) is 4. The molecule has 1 aliphatic heterocycles. The lowest BCUT2D eigenvalue weighted by atomic mass is 10.0. The molecule has 5 nitrogen and oxygen atoms in total. The van der Waals surface area contributed by atoms with E-state index in [0.717, 1.165) is 25.9 Å². The molecule has 1 aliphatic rings. The summed E-state index contributed by atoms with van der Waals surface area (Å²) in [6.07, 6.45) is 2.12. The minimum atomic E-state index is -0.114. The molecule has 0 N–H and O–H groups in total. The largest absolute Gasteiger partial charge is 0.336 e. The molecule has 19 heavy (non-hydrogen) atoms. The number of rotatable bonds is 2. The second-order valence-corrected chi connectivity index (χ2v) is 4.99. The van der Waals surface area contributed by atoms with Gasteiger partial charge in [-0.1, -0.05) is 6.07 Å². The Morgan fingerprint density at radius 3 is 3.05 bits per heavy atom. The third-order valence-corrected chi connectivity index (χ3v) is 3.55. The molecule has 5 heteroatoms. The molecule has 1 atom stereocenters. The predicted octanol–water partition coefficient (Wildman–Crippen LogP) is 1.12. The summed E-state index contributed by atoms with van der Waals surface area (Å²) < 4.78 is 0. The van der Waals surface area contributed by atoms with Crippen molar-refractivity contribution in [1.82, 2.24) is 14.8 Å². The molecule has 0 radical (unpaired) electrons. The van der Waals surface area contributed by atoms with Crippen molar-refractivity contribution in [2.24, 2.45) is 0 Å². The Kier molecular flexibility index (Phi) is 4.13. The summed E-state index contributed by atoms with van der Waals surface area (Å²) in [4.78, 5) is 20.4. The van der Waals surface area contributed by atoms with Crippen LogP contribution in [-0.4, -0.2) is 53.9 Å². The first kappa shape index (κ1) is 13.5. The number of nitriles is 1. The molecule has 1 fully saturated rings. The van der Waals surface area contributed by atoms with Gasteiger partial charge >= 0.3 is 0 Å². The highest BCUT2D eigenvalue weighted by Gasteiger charge is 2.25. The lowest BCUT2D eigenvalue weighted by Gasteiger charge is -2.35. The van der Waals surface area contributed by atoms with Crippen molar-refractivity contribution in [2.75, 3.05) is 27.2 Å². The molecular weight excluding hydrogens is 240 g/mol.